The molecule has 2 rings (SSSR count). The Hall–Kier alpha value is -0.800. The Morgan fingerprint density at radius 2 is 2.22 bits per heavy atom. The second-order valence-corrected chi connectivity index (χ2v) is 5.33. The lowest BCUT2D eigenvalue weighted by atomic mass is 9.85. The van der Waals surface area contributed by atoms with Crippen LogP contribution in [0, 0.1) is 5.92 Å². The molecule has 0 spiro atoms. The summed E-state index contributed by atoms with van der Waals surface area (Å²) < 4.78 is 6.03. The van der Waals surface area contributed by atoms with Crippen LogP contribution < -0.4 is 10.5 Å². The van der Waals surface area contributed by atoms with Crippen molar-refractivity contribution in [3.8, 4) is 5.88 Å². The van der Waals surface area contributed by atoms with Crippen molar-refractivity contribution >= 4 is 11.6 Å². The van der Waals surface area contributed by atoms with Gasteiger partial charge in [0.1, 0.15) is 6.10 Å². The monoisotopic (exact) mass is 268 g/mol. The average Bonchev–Trinajstić information content (AvgIpc) is 2.41. The van der Waals surface area contributed by atoms with Crippen molar-refractivity contribution in [3.63, 3.8) is 0 Å². The molecule has 2 unspecified atom stereocenters. The molecule has 1 heterocycles. The van der Waals surface area contributed by atoms with Crippen LogP contribution in [0.3, 0.4) is 0 Å². The lowest BCUT2D eigenvalue weighted by molar-refractivity contribution is 0.0858. The fourth-order valence-corrected chi connectivity index (χ4v) is 2.81. The maximum atomic E-state index is 6.03. The van der Waals surface area contributed by atoms with E-state index in [4.69, 9.17) is 22.1 Å². The lowest BCUT2D eigenvalue weighted by Crippen LogP contribution is -2.30. The van der Waals surface area contributed by atoms with Gasteiger partial charge >= 0.3 is 0 Å². The van der Waals surface area contributed by atoms with E-state index in [9.17, 15) is 0 Å². The van der Waals surface area contributed by atoms with Gasteiger partial charge in [-0.05, 0) is 37.2 Å². The SMILES string of the molecule is CCC1CCCCC1Oc1cc(CN)c(Cl)cn1. The van der Waals surface area contributed by atoms with Crippen LogP contribution in [-0.2, 0) is 6.54 Å². The highest BCUT2D eigenvalue weighted by Gasteiger charge is 2.25. The summed E-state index contributed by atoms with van der Waals surface area (Å²) in [6.07, 6.45) is 8.05. The van der Waals surface area contributed by atoms with Gasteiger partial charge in [-0.2, -0.15) is 0 Å². The van der Waals surface area contributed by atoms with Crippen molar-refractivity contribution in [2.24, 2.45) is 11.7 Å². The smallest absolute Gasteiger partial charge is 0.213 e. The van der Waals surface area contributed by atoms with Crippen molar-refractivity contribution < 1.29 is 4.74 Å². The van der Waals surface area contributed by atoms with Crippen LogP contribution in [0.25, 0.3) is 0 Å². The van der Waals surface area contributed by atoms with Gasteiger partial charge in [-0.3, -0.25) is 0 Å². The first-order valence-electron chi connectivity index (χ1n) is 6.75. The predicted molar refractivity (Wildman–Crippen MR) is 73.8 cm³/mol. The van der Waals surface area contributed by atoms with Gasteiger partial charge in [0.15, 0.2) is 0 Å². The highest BCUT2D eigenvalue weighted by atomic mass is 35.5. The van der Waals surface area contributed by atoms with Crippen LogP contribution in [0.2, 0.25) is 5.02 Å². The van der Waals surface area contributed by atoms with Gasteiger partial charge in [0.25, 0.3) is 0 Å². The molecule has 2 atom stereocenters. The van der Waals surface area contributed by atoms with Crippen molar-refractivity contribution in [1.29, 1.82) is 0 Å². The number of halogens is 1. The minimum Gasteiger partial charge on any atom is -0.474 e. The summed E-state index contributed by atoms with van der Waals surface area (Å²) >= 11 is 6.00. The molecule has 0 bridgehead atoms. The molecule has 0 amide bonds. The summed E-state index contributed by atoms with van der Waals surface area (Å²) in [7, 11) is 0. The molecule has 18 heavy (non-hydrogen) atoms. The van der Waals surface area contributed by atoms with E-state index in [1.807, 2.05) is 6.07 Å². The zero-order valence-corrected chi connectivity index (χ0v) is 11.6. The van der Waals surface area contributed by atoms with Crippen LogP contribution in [0.5, 0.6) is 5.88 Å². The van der Waals surface area contributed by atoms with Crippen molar-refractivity contribution in [2.75, 3.05) is 0 Å². The summed E-state index contributed by atoms with van der Waals surface area (Å²) in [4.78, 5) is 4.24. The molecule has 1 aliphatic carbocycles. The number of nitrogens with two attached hydrogens (primary N) is 1. The van der Waals surface area contributed by atoms with Gasteiger partial charge in [0, 0.05) is 18.8 Å². The lowest BCUT2D eigenvalue weighted by Gasteiger charge is -2.30. The first kappa shape index (κ1) is 13.6. The number of nitrogens with zero attached hydrogens (tertiary/aromatic N) is 1. The average molecular weight is 269 g/mol. The van der Waals surface area contributed by atoms with E-state index in [2.05, 4.69) is 11.9 Å². The molecular formula is C14H21ClN2O. The van der Waals surface area contributed by atoms with E-state index in [0.717, 1.165) is 12.0 Å². The molecule has 1 fully saturated rings. The van der Waals surface area contributed by atoms with Gasteiger partial charge in [0.2, 0.25) is 5.88 Å². The van der Waals surface area contributed by atoms with Crippen LogP contribution in [0.4, 0.5) is 0 Å². The van der Waals surface area contributed by atoms with Crippen LogP contribution in [0.1, 0.15) is 44.6 Å². The number of ether oxygens (including phenoxy) is 1. The van der Waals surface area contributed by atoms with Gasteiger partial charge in [0.05, 0.1) is 5.02 Å². The quantitative estimate of drug-likeness (QED) is 0.909. The molecule has 0 radical (unpaired) electrons. The fourth-order valence-electron chi connectivity index (χ4n) is 2.63. The maximum Gasteiger partial charge on any atom is 0.213 e. The Balaban J connectivity index is 2.07. The topological polar surface area (TPSA) is 48.1 Å². The third-order valence-corrected chi connectivity index (χ3v) is 4.11. The third-order valence-electron chi connectivity index (χ3n) is 3.77. The van der Waals surface area contributed by atoms with E-state index < -0.39 is 0 Å². The van der Waals surface area contributed by atoms with Gasteiger partial charge in [-0.25, -0.2) is 4.98 Å². The minimum atomic E-state index is 0.294. The summed E-state index contributed by atoms with van der Waals surface area (Å²) in [5.41, 5.74) is 6.53. The minimum absolute atomic E-state index is 0.294. The Morgan fingerprint density at radius 3 is 2.94 bits per heavy atom. The molecular weight excluding hydrogens is 248 g/mol. The van der Waals surface area contributed by atoms with Crippen LogP contribution in [0.15, 0.2) is 12.3 Å². The second kappa shape index (κ2) is 6.39. The molecule has 1 aliphatic rings. The van der Waals surface area contributed by atoms with Gasteiger partial charge in [-0.15, -0.1) is 0 Å². The molecule has 100 valence electrons. The number of aromatic nitrogens is 1. The first-order valence-corrected chi connectivity index (χ1v) is 7.13. The first-order chi connectivity index (χ1) is 8.74. The Kier molecular flexibility index (Phi) is 4.84. The molecule has 0 aliphatic heterocycles. The number of pyridine rings is 1. The van der Waals surface area contributed by atoms with Crippen molar-refractivity contribution in [3.05, 3.63) is 22.8 Å². The normalized spacial score (nSPS) is 23.9. The van der Waals surface area contributed by atoms with E-state index >= 15 is 0 Å². The highest BCUT2D eigenvalue weighted by Crippen LogP contribution is 2.30. The zero-order chi connectivity index (χ0) is 13.0. The number of rotatable bonds is 4. The standard InChI is InChI=1S/C14H21ClN2O/c1-2-10-5-3-4-6-13(10)18-14-7-11(8-16)12(15)9-17-14/h7,9-10,13H,2-6,8,16H2,1H3. The molecule has 3 nitrogen and oxygen atoms in total. The largest absolute Gasteiger partial charge is 0.474 e. The molecule has 4 heteroatoms. The predicted octanol–water partition coefficient (Wildman–Crippen LogP) is 3.54. The summed E-state index contributed by atoms with van der Waals surface area (Å²) in [5.74, 6) is 1.31. The molecule has 1 aromatic rings. The fraction of sp³-hybridized carbons (Fsp3) is 0.643. The molecule has 0 saturated heterocycles. The second-order valence-electron chi connectivity index (χ2n) is 4.93. The zero-order valence-electron chi connectivity index (χ0n) is 10.9. The van der Waals surface area contributed by atoms with Gasteiger partial charge in [-0.1, -0.05) is 24.9 Å². The summed E-state index contributed by atoms with van der Waals surface area (Å²) in [6.45, 7) is 2.65. The molecule has 0 aromatic carbocycles. The molecule has 1 aromatic heterocycles. The van der Waals surface area contributed by atoms with E-state index in [-0.39, 0.29) is 0 Å². The third kappa shape index (κ3) is 3.15. The van der Waals surface area contributed by atoms with Crippen LogP contribution >= 0.6 is 11.6 Å². The van der Waals surface area contributed by atoms with E-state index in [0.29, 0.717) is 29.5 Å². The summed E-state index contributed by atoms with van der Waals surface area (Å²) in [5, 5.41) is 0.612. The Bertz CT molecular complexity index is 397. The van der Waals surface area contributed by atoms with E-state index in [1.54, 1.807) is 6.20 Å². The Labute approximate surface area is 114 Å². The number of hydrogen-bond donors (Lipinski definition) is 1. The highest BCUT2D eigenvalue weighted by molar-refractivity contribution is 6.31. The Morgan fingerprint density at radius 1 is 1.44 bits per heavy atom. The van der Waals surface area contributed by atoms with Crippen LogP contribution in [-0.4, -0.2) is 11.1 Å². The molecule has 1 saturated carbocycles. The van der Waals surface area contributed by atoms with Gasteiger partial charge < -0.3 is 10.5 Å². The van der Waals surface area contributed by atoms with Crippen molar-refractivity contribution in [1.82, 2.24) is 4.98 Å². The summed E-state index contributed by atoms with van der Waals surface area (Å²) in [6, 6.07) is 1.86. The maximum absolute atomic E-state index is 6.03. The van der Waals surface area contributed by atoms with E-state index in [1.165, 1.54) is 25.7 Å². The van der Waals surface area contributed by atoms with Crippen molar-refractivity contribution in [2.45, 2.75) is 51.7 Å². The molecule has 2 N–H and O–H groups in total. The number of hydrogen-bond acceptors (Lipinski definition) is 3.